The number of fused-ring (bicyclic) bond motifs is 1. The first-order chi connectivity index (χ1) is 10.1. The minimum atomic E-state index is -1.10. The highest BCUT2D eigenvalue weighted by Crippen LogP contribution is 2.18. The van der Waals surface area contributed by atoms with Gasteiger partial charge in [-0.2, -0.15) is 0 Å². The van der Waals surface area contributed by atoms with E-state index in [0.29, 0.717) is 11.3 Å². The number of aromatic nitrogens is 1. The highest BCUT2D eigenvalue weighted by atomic mass is 16.4. The number of hydrogen-bond donors (Lipinski definition) is 3. The number of rotatable bonds is 3. The van der Waals surface area contributed by atoms with Crippen LogP contribution >= 0.6 is 0 Å². The number of nitrogens with one attached hydrogen (secondary N) is 2. The van der Waals surface area contributed by atoms with Crippen molar-refractivity contribution < 1.29 is 14.7 Å². The lowest BCUT2D eigenvalue weighted by molar-refractivity contribution is 0.0690. The fraction of sp³-hybridized carbons (Fsp3) is 0.133. The van der Waals surface area contributed by atoms with Crippen LogP contribution in [0.15, 0.2) is 36.5 Å². The summed E-state index contributed by atoms with van der Waals surface area (Å²) in [5.41, 5.74) is 3.31. The first-order valence-electron chi connectivity index (χ1n) is 6.47. The second-order valence-electron chi connectivity index (χ2n) is 4.78. The Morgan fingerprint density at radius 2 is 1.95 bits per heavy atom. The predicted molar refractivity (Wildman–Crippen MR) is 76.1 cm³/mol. The molecule has 2 aromatic rings. The molecule has 0 saturated carbocycles. The summed E-state index contributed by atoms with van der Waals surface area (Å²) in [5, 5.41) is 14.7. The lowest BCUT2D eigenvalue weighted by atomic mass is 10.1. The van der Waals surface area contributed by atoms with E-state index in [9.17, 15) is 9.59 Å². The van der Waals surface area contributed by atoms with E-state index < -0.39 is 5.97 Å². The van der Waals surface area contributed by atoms with Gasteiger partial charge in [0.2, 0.25) is 0 Å². The third-order valence-corrected chi connectivity index (χ3v) is 3.34. The number of aromatic carboxylic acids is 1. The Morgan fingerprint density at radius 3 is 2.67 bits per heavy atom. The third kappa shape index (κ3) is 2.75. The molecule has 0 saturated heterocycles. The molecule has 3 rings (SSSR count). The van der Waals surface area contributed by atoms with Crippen molar-refractivity contribution in [2.45, 2.75) is 13.1 Å². The molecule has 2 heterocycles. The van der Waals surface area contributed by atoms with Gasteiger partial charge in [-0.1, -0.05) is 6.07 Å². The van der Waals surface area contributed by atoms with Gasteiger partial charge in [0.1, 0.15) is 5.69 Å². The summed E-state index contributed by atoms with van der Waals surface area (Å²) < 4.78 is 0. The van der Waals surface area contributed by atoms with E-state index in [4.69, 9.17) is 5.11 Å². The number of carboxylic acids is 1. The summed E-state index contributed by atoms with van der Waals surface area (Å²) in [6.07, 6.45) is 1.33. The molecule has 21 heavy (non-hydrogen) atoms. The monoisotopic (exact) mass is 283 g/mol. The van der Waals surface area contributed by atoms with Gasteiger partial charge in [-0.15, -0.1) is 0 Å². The third-order valence-electron chi connectivity index (χ3n) is 3.34. The minimum absolute atomic E-state index is 0.0587. The normalized spacial score (nSPS) is 12.8. The highest BCUT2D eigenvalue weighted by Gasteiger charge is 2.14. The van der Waals surface area contributed by atoms with Crippen molar-refractivity contribution in [3.05, 3.63) is 58.9 Å². The zero-order chi connectivity index (χ0) is 14.8. The lowest BCUT2D eigenvalue weighted by Gasteiger charge is -2.06. The van der Waals surface area contributed by atoms with Gasteiger partial charge in [0.05, 0.1) is 11.9 Å². The van der Waals surface area contributed by atoms with Crippen LogP contribution in [0, 0.1) is 0 Å². The molecule has 0 radical (unpaired) electrons. The van der Waals surface area contributed by atoms with Crippen molar-refractivity contribution >= 4 is 17.6 Å². The molecule has 0 bridgehead atoms. The van der Waals surface area contributed by atoms with Gasteiger partial charge in [-0.3, -0.25) is 4.79 Å². The highest BCUT2D eigenvalue weighted by molar-refractivity contribution is 6.04. The Hall–Kier alpha value is -2.73. The number of pyridine rings is 1. The first kappa shape index (κ1) is 13.3. The van der Waals surface area contributed by atoms with Crippen molar-refractivity contribution in [1.29, 1.82) is 0 Å². The molecule has 1 aromatic heterocycles. The van der Waals surface area contributed by atoms with E-state index in [1.165, 1.54) is 23.9 Å². The fourth-order valence-electron chi connectivity index (χ4n) is 2.23. The zero-order valence-corrected chi connectivity index (χ0v) is 11.1. The summed E-state index contributed by atoms with van der Waals surface area (Å²) in [5.74, 6) is -1.34. The van der Waals surface area contributed by atoms with Crippen LogP contribution in [0.2, 0.25) is 0 Å². The fourth-order valence-corrected chi connectivity index (χ4v) is 2.23. The Morgan fingerprint density at radius 1 is 1.14 bits per heavy atom. The Kier molecular flexibility index (Phi) is 3.37. The van der Waals surface area contributed by atoms with E-state index in [2.05, 4.69) is 15.6 Å². The number of hydrogen-bond acceptors (Lipinski definition) is 4. The van der Waals surface area contributed by atoms with Crippen molar-refractivity contribution in [3.63, 3.8) is 0 Å². The summed E-state index contributed by atoms with van der Waals surface area (Å²) in [7, 11) is 0. The summed E-state index contributed by atoms with van der Waals surface area (Å²) in [4.78, 5) is 26.6. The largest absolute Gasteiger partial charge is 0.477 e. The van der Waals surface area contributed by atoms with E-state index in [1.54, 1.807) is 6.07 Å². The van der Waals surface area contributed by atoms with Crippen molar-refractivity contribution in [2.75, 3.05) is 5.32 Å². The van der Waals surface area contributed by atoms with Gasteiger partial charge in [0, 0.05) is 18.7 Å². The van der Waals surface area contributed by atoms with Crippen LogP contribution in [0.1, 0.15) is 32.0 Å². The average molecular weight is 283 g/mol. The maximum atomic E-state index is 12.2. The molecule has 0 fully saturated rings. The molecule has 106 valence electrons. The molecular weight excluding hydrogens is 270 g/mol. The zero-order valence-electron chi connectivity index (χ0n) is 11.1. The molecule has 0 spiro atoms. The van der Waals surface area contributed by atoms with E-state index in [0.717, 1.165) is 18.7 Å². The van der Waals surface area contributed by atoms with Crippen molar-refractivity contribution in [1.82, 2.24) is 10.3 Å². The van der Waals surface area contributed by atoms with Gasteiger partial charge >= 0.3 is 5.97 Å². The number of amides is 1. The van der Waals surface area contributed by atoms with Gasteiger partial charge in [0.25, 0.3) is 5.91 Å². The second kappa shape index (κ2) is 5.34. The van der Waals surface area contributed by atoms with Gasteiger partial charge in [-0.05, 0) is 35.4 Å². The smallest absolute Gasteiger partial charge is 0.354 e. The average Bonchev–Trinajstić information content (AvgIpc) is 2.95. The standard InChI is InChI=1S/C15H13N3O3/c19-14(9-1-2-10-6-16-7-11(10)5-9)18-12-3-4-13(15(20)21)17-8-12/h1-5,8,16H,6-7H2,(H,18,19)(H,20,21). The number of benzene rings is 1. The molecule has 6 nitrogen and oxygen atoms in total. The summed E-state index contributed by atoms with van der Waals surface area (Å²) >= 11 is 0. The number of carbonyl (C=O) groups excluding carboxylic acids is 1. The van der Waals surface area contributed by atoms with Crippen LogP contribution < -0.4 is 10.6 Å². The van der Waals surface area contributed by atoms with Gasteiger partial charge in [-0.25, -0.2) is 9.78 Å². The Bertz CT molecular complexity index is 711. The topological polar surface area (TPSA) is 91.3 Å². The number of carbonyl (C=O) groups is 2. The van der Waals surface area contributed by atoms with E-state index in [-0.39, 0.29) is 11.6 Å². The summed E-state index contributed by atoms with van der Waals surface area (Å²) in [6.45, 7) is 1.60. The minimum Gasteiger partial charge on any atom is -0.477 e. The lowest BCUT2D eigenvalue weighted by Crippen LogP contribution is -2.13. The number of nitrogens with zero attached hydrogens (tertiary/aromatic N) is 1. The van der Waals surface area contributed by atoms with E-state index in [1.807, 2.05) is 12.1 Å². The maximum Gasteiger partial charge on any atom is 0.354 e. The van der Waals surface area contributed by atoms with Crippen LogP contribution in [-0.4, -0.2) is 22.0 Å². The number of carboxylic acid groups (broad SMARTS) is 1. The molecule has 0 atom stereocenters. The van der Waals surface area contributed by atoms with Gasteiger partial charge < -0.3 is 15.7 Å². The van der Waals surface area contributed by atoms with Gasteiger partial charge in [0.15, 0.2) is 0 Å². The number of anilines is 1. The SMILES string of the molecule is O=C(Nc1ccc(C(=O)O)nc1)c1ccc2c(c1)CNC2. The summed E-state index contributed by atoms with van der Waals surface area (Å²) in [6, 6.07) is 8.45. The maximum absolute atomic E-state index is 12.2. The van der Waals surface area contributed by atoms with Crippen molar-refractivity contribution in [3.8, 4) is 0 Å². The predicted octanol–water partition coefficient (Wildman–Crippen LogP) is 1.64. The molecular formula is C15H13N3O3. The molecule has 3 N–H and O–H groups in total. The van der Waals surface area contributed by atoms with Crippen LogP contribution in [-0.2, 0) is 13.1 Å². The molecule has 6 heteroatoms. The van der Waals surface area contributed by atoms with Crippen LogP contribution in [0.5, 0.6) is 0 Å². The molecule has 1 aromatic carbocycles. The molecule has 1 aliphatic heterocycles. The molecule has 0 unspecified atom stereocenters. The quantitative estimate of drug-likeness (QED) is 0.796. The van der Waals surface area contributed by atoms with Crippen LogP contribution in [0.4, 0.5) is 5.69 Å². The molecule has 0 aliphatic carbocycles. The molecule has 1 amide bonds. The van der Waals surface area contributed by atoms with Crippen LogP contribution in [0.25, 0.3) is 0 Å². The van der Waals surface area contributed by atoms with Crippen molar-refractivity contribution in [2.24, 2.45) is 0 Å². The van der Waals surface area contributed by atoms with Crippen LogP contribution in [0.3, 0.4) is 0 Å². The second-order valence-corrected chi connectivity index (χ2v) is 4.78. The molecule has 1 aliphatic rings. The van der Waals surface area contributed by atoms with E-state index >= 15 is 0 Å². The Balaban J connectivity index is 1.75. The first-order valence-corrected chi connectivity index (χ1v) is 6.47. The Labute approximate surface area is 120 Å².